The van der Waals surface area contributed by atoms with Gasteiger partial charge < -0.3 is 15.0 Å². The van der Waals surface area contributed by atoms with Crippen LogP contribution in [0, 0.1) is 0 Å². The molecule has 2 fully saturated rings. The van der Waals surface area contributed by atoms with Crippen molar-refractivity contribution in [2.75, 3.05) is 45.2 Å². The van der Waals surface area contributed by atoms with Gasteiger partial charge in [-0.2, -0.15) is 0 Å². The van der Waals surface area contributed by atoms with Crippen LogP contribution in [0.2, 0.25) is 0 Å². The average molecular weight is 289 g/mol. The quantitative estimate of drug-likeness (QED) is 0.917. The molecule has 4 heteroatoms. The van der Waals surface area contributed by atoms with E-state index in [9.17, 15) is 0 Å². The molecule has 0 amide bonds. The summed E-state index contributed by atoms with van der Waals surface area (Å²) in [6, 6.07) is 9.86. The number of nitrogens with one attached hydrogen (secondary N) is 1. The second kappa shape index (κ2) is 6.67. The molecule has 2 aliphatic rings. The Morgan fingerprint density at radius 3 is 2.52 bits per heavy atom. The molecule has 21 heavy (non-hydrogen) atoms. The summed E-state index contributed by atoms with van der Waals surface area (Å²) in [4.78, 5) is 5.14. The first-order valence-corrected chi connectivity index (χ1v) is 8.11. The molecule has 0 radical (unpaired) electrons. The van der Waals surface area contributed by atoms with Gasteiger partial charge in [0.15, 0.2) is 0 Å². The van der Waals surface area contributed by atoms with E-state index in [1.165, 1.54) is 38.0 Å². The lowest BCUT2D eigenvalue weighted by atomic mass is 10.1. The van der Waals surface area contributed by atoms with Crippen LogP contribution in [0.1, 0.15) is 19.3 Å². The van der Waals surface area contributed by atoms with E-state index >= 15 is 0 Å². The molecule has 1 saturated heterocycles. The average Bonchev–Trinajstić information content (AvgIpc) is 3.04. The smallest absolute Gasteiger partial charge is 0.142 e. The van der Waals surface area contributed by atoms with Gasteiger partial charge in [0.05, 0.1) is 12.8 Å². The number of nitrogens with zero attached hydrogens (tertiary/aromatic N) is 2. The van der Waals surface area contributed by atoms with Gasteiger partial charge in [0, 0.05) is 38.3 Å². The number of para-hydroxylation sites is 2. The lowest BCUT2D eigenvalue weighted by Gasteiger charge is -2.39. The van der Waals surface area contributed by atoms with Crippen molar-refractivity contribution in [3.05, 3.63) is 24.3 Å². The molecule has 1 aliphatic heterocycles. The summed E-state index contributed by atoms with van der Waals surface area (Å²) in [7, 11) is 3.85. The second-order valence-corrected chi connectivity index (χ2v) is 6.15. The van der Waals surface area contributed by atoms with Crippen molar-refractivity contribution in [1.82, 2.24) is 10.2 Å². The number of hydrogen-bond donors (Lipinski definition) is 1. The third-order valence-electron chi connectivity index (χ3n) is 5.07. The monoisotopic (exact) mass is 289 g/mol. The standard InChI is InChI=1S/C17H27N3O/c1-18-14-7-8-15(13-14)19-9-11-20(12-10-19)16-5-3-4-6-17(16)21-2/h3-6,14-15,18H,7-13H2,1-2H3. The van der Waals surface area contributed by atoms with Gasteiger partial charge in [0.1, 0.15) is 5.75 Å². The Morgan fingerprint density at radius 2 is 1.86 bits per heavy atom. The zero-order chi connectivity index (χ0) is 14.7. The van der Waals surface area contributed by atoms with Crippen LogP contribution in [0.5, 0.6) is 5.75 Å². The molecule has 3 rings (SSSR count). The summed E-state index contributed by atoms with van der Waals surface area (Å²) < 4.78 is 5.49. The predicted molar refractivity (Wildman–Crippen MR) is 87.3 cm³/mol. The molecule has 2 unspecified atom stereocenters. The van der Waals surface area contributed by atoms with Crippen molar-refractivity contribution in [3.63, 3.8) is 0 Å². The Bertz CT molecular complexity index is 457. The SMILES string of the molecule is CNC1CCC(N2CCN(c3ccccc3OC)CC2)C1. The van der Waals surface area contributed by atoms with Gasteiger partial charge in [0.25, 0.3) is 0 Å². The number of hydrogen-bond acceptors (Lipinski definition) is 4. The van der Waals surface area contributed by atoms with Crippen LogP contribution < -0.4 is 15.0 Å². The van der Waals surface area contributed by atoms with Crippen LogP contribution in [0.4, 0.5) is 5.69 Å². The van der Waals surface area contributed by atoms with E-state index in [0.717, 1.165) is 30.9 Å². The first-order chi connectivity index (χ1) is 10.3. The van der Waals surface area contributed by atoms with Gasteiger partial charge in [-0.1, -0.05) is 12.1 Å². The molecule has 1 saturated carbocycles. The van der Waals surface area contributed by atoms with Crippen molar-refractivity contribution >= 4 is 5.69 Å². The lowest BCUT2D eigenvalue weighted by Crippen LogP contribution is -2.50. The Labute approximate surface area is 128 Å². The number of methoxy groups -OCH3 is 1. The summed E-state index contributed by atoms with van der Waals surface area (Å²) >= 11 is 0. The molecule has 0 spiro atoms. The normalized spacial score (nSPS) is 27.0. The molecule has 2 atom stereocenters. The molecule has 0 aromatic heterocycles. The molecule has 4 nitrogen and oxygen atoms in total. The summed E-state index contributed by atoms with van der Waals surface area (Å²) in [6.45, 7) is 4.53. The summed E-state index contributed by atoms with van der Waals surface area (Å²) in [6.07, 6.45) is 3.99. The first-order valence-electron chi connectivity index (χ1n) is 8.11. The van der Waals surface area contributed by atoms with E-state index in [2.05, 4.69) is 40.4 Å². The van der Waals surface area contributed by atoms with Gasteiger partial charge in [-0.15, -0.1) is 0 Å². The van der Waals surface area contributed by atoms with Crippen LogP contribution in [0.15, 0.2) is 24.3 Å². The fourth-order valence-electron chi connectivity index (χ4n) is 3.77. The predicted octanol–water partition coefficient (Wildman–Crippen LogP) is 1.96. The molecule has 0 bridgehead atoms. The maximum atomic E-state index is 5.49. The number of piperazine rings is 1. The fraction of sp³-hybridized carbons (Fsp3) is 0.647. The van der Waals surface area contributed by atoms with Gasteiger partial charge in [-0.25, -0.2) is 0 Å². The summed E-state index contributed by atoms with van der Waals surface area (Å²) in [5.41, 5.74) is 1.24. The highest BCUT2D eigenvalue weighted by Crippen LogP contribution is 2.30. The molecule has 1 aromatic carbocycles. The molecular weight excluding hydrogens is 262 g/mol. The highest BCUT2D eigenvalue weighted by atomic mass is 16.5. The molecule has 116 valence electrons. The molecule has 1 N–H and O–H groups in total. The minimum Gasteiger partial charge on any atom is -0.495 e. The van der Waals surface area contributed by atoms with Crippen LogP contribution in [0.25, 0.3) is 0 Å². The lowest BCUT2D eigenvalue weighted by molar-refractivity contribution is 0.185. The Balaban J connectivity index is 1.58. The molecular formula is C17H27N3O. The van der Waals surface area contributed by atoms with Crippen molar-refractivity contribution in [3.8, 4) is 5.75 Å². The fourth-order valence-corrected chi connectivity index (χ4v) is 3.77. The largest absolute Gasteiger partial charge is 0.495 e. The molecule has 1 aromatic rings. The Morgan fingerprint density at radius 1 is 1.10 bits per heavy atom. The van der Waals surface area contributed by atoms with Crippen molar-refractivity contribution in [1.29, 1.82) is 0 Å². The highest BCUT2D eigenvalue weighted by Gasteiger charge is 2.30. The van der Waals surface area contributed by atoms with Crippen LogP contribution >= 0.6 is 0 Å². The van der Waals surface area contributed by atoms with Gasteiger partial charge in [-0.3, -0.25) is 4.90 Å². The third-order valence-corrected chi connectivity index (χ3v) is 5.07. The second-order valence-electron chi connectivity index (χ2n) is 6.15. The van der Waals surface area contributed by atoms with Crippen molar-refractivity contribution in [2.24, 2.45) is 0 Å². The number of rotatable bonds is 4. The van der Waals surface area contributed by atoms with Crippen LogP contribution in [-0.2, 0) is 0 Å². The Kier molecular flexibility index (Phi) is 4.66. The van der Waals surface area contributed by atoms with Crippen LogP contribution in [-0.4, -0.2) is 57.3 Å². The van der Waals surface area contributed by atoms with E-state index in [0.29, 0.717) is 0 Å². The number of benzene rings is 1. The van der Waals surface area contributed by atoms with E-state index in [4.69, 9.17) is 4.74 Å². The maximum absolute atomic E-state index is 5.49. The number of ether oxygens (including phenoxy) is 1. The van der Waals surface area contributed by atoms with Gasteiger partial charge >= 0.3 is 0 Å². The van der Waals surface area contributed by atoms with E-state index in [-0.39, 0.29) is 0 Å². The van der Waals surface area contributed by atoms with Crippen molar-refractivity contribution in [2.45, 2.75) is 31.3 Å². The van der Waals surface area contributed by atoms with E-state index in [1.54, 1.807) is 7.11 Å². The zero-order valence-corrected chi connectivity index (χ0v) is 13.2. The topological polar surface area (TPSA) is 27.7 Å². The van der Waals surface area contributed by atoms with E-state index in [1.807, 2.05) is 6.07 Å². The minimum absolute atomic E-state index is 0.724. The third kappa shape index (κ3) is 3.16. The minimum atomic E-state index is 0.724. The van der Waals surface area contributed by atoms with Gasteiger partial charge in [0.2, 0.25) is 0 Å². The summed E-state index contributed by atoms with van der Waals surface area (Å²) in [5, 5.41) is 3.43. The van der Waals surface area contributed by atoms with Crippen molar-refractivity contribution < 1.29 is 4.74 Å². The maximum Gasteiger partial charge on any atom is 0.142 e. The van der Waals surface area contributed by atoms with E-state index < -0.39 is 0 Å². The molecule has 1 heterocycles. The highest BCUT2D eigenvalue weighted by molar-refractivity contribution is 5.58. The first kappa shape index (κ1) is 14.7. The molecule has 1 aliphatic carbocycles. The Hall–Kier alpha value is -1.26. The number of anilines is 1. The summed E-state index contributed by atoms with van der Waals surface area (Å²) in [5.74, 6) is 0.988. The van der Waals surface area contributed by atoms with Crippen LogP contribution in [0.3, 0.4) is 0 Å². The van der Waals surface area contributed by atoms with Gasteiger partial charge in [-0.05, 0) is 38.4 Å². The zero-order valence-electron chi connectivity index (χ0n) is 13.2.